The number of sulfonamides is 1. The van der Waals surface area contributed by atoms with E-state index in [2.05, 4.69) is 9.71 Å². The monoisotopic (exact) mass is 437 g/mol. The molecule has 2 heterocycles. The maximum atomic E-state index is 13.4. The highest BCUT2D eigenvalue weighted by Crippen LogP contribution is 2.27. The minimum absolute atomic E-state index is 0.0175. The lowest BCUT2D eigenvalue weighted by molar-refractivity contribution is 0.527. The molecule has 0 bridgehead atoms. The Hall–Kier alpha value is -3.85. The Bertz CT molecular complexity index is 1610. The smallest absolute Gasteiger partial charge is 0.408 e. The lowest BCUT2D eigenvalue weighted by Gasteiger charge is -2.09. The summed E-state index contributed by atoms with van der Waals surface area (Å²) < 4.78 is 47.8. The van der Waals surface area contributed by atoms with E-state index in [1.54, 1.807) is 37.4 Å². The first-order valence-electron chi connectivity index (χ1n) is 9.31. The van der Waals surface area contributed by atoms with Crippen LogP contribution in [0.25, 0.3) is 33.3 Å². The third kappa shape index (κ3) is 3.38. The topological polar surface area (TPSA) is 97.1 Å². The quantitative estimate of drug-likeness (QED) is 0.440. The van der Waals surface area contributed by atoms with E-state index >= 15 is 0 Å². The number of H-pyrrole nitrogens is 1. The van der Waals surface area contributed by atoms with Gasteiger partial charge >= 0.3 is 5.76 Å². The molecule has 3 aromatic carbocycles. The van der Waals surface area contributed by atoms with E-state index in [0.29, 0.717) is 11.2 Å². The molecular formula is C22H16FN3O4S. The van der Waals surface area contributed by atoms with Crippen molar-refractivity contribution in [1.29, 1.82) is 0 Å². The van der Waals surface area contributed by atoms with Gasteiger partial charge in [-0.2, -0.15) is 0 Å². The number of halogens is 1. The Morgan fingerprint density at radius 2 is 1.77 bits per heavy atom. The van der Waals surface area contributed by atoms with Crippen LogP contribution in [0.3, 0.4) is 0 Å². The molecule has 0 aliphatic heterocycles. The molecule has 5 rings (SSSR count). The average Bonchev–Trinajstić information content (AvgIpc) is 3.28. The molecule has 0 aliphatic rings. The minimum Gasteiger partial charge on any atom is -0.408 e. The van der Waals surface area contributed by atoms with Gasteiger partial charge in [-0.05, 0) is 54.1 Å². The number of aryl methyl sites for hydroxylation is 1. The minimum atomic E-state index is -3.88. The Labute approximate surface area is 175 Å². The second kappa shape index (κ2) is 6.85. The number of fused-ring (bicyclic) bond motifs is 2. The molecule has 0 amide bonds. The largest absolute Gasteiger partial charge is 0.419 e. The van der Waals surface area contributed by atoms with Crippen molar-refractivity contribution in [2.45, 2.75) is 4.90 Å². The summed E-state index contributed by atoms with van der Waals surface area (Å²) >= 11 is 0. The van der Waals surface area contributed by atoms with Crippen LogP contribution in [-0.2, 0) is 17.1 Å². The summed E-state index contributed by atoms with van der Waals surface area (Å²) in [5, 5.41) is 0.753. The molecule has 7 nitrogen and oxygen atoms in total. The van der Waals surface area contributed by atoms with Crippen LogP contribution in [-0.4, -0.2) is 18.0 Å². The number of nitrogens with zero attached hydrogens (tertiary/aromatic N) is 1. The highest BCUT2D eigenvalue weighted by atomic mass is 32.2. The molecule has 9 heteroatoms. The lowest BCUT2D eigenvalue weighted by Crippen LogP contribution is -2.12. The summed E-state index contributed by atoms with van der Waals surface area (Å²) in [6.07, 6.45) is 0. The molecule has 0 unspecified atom stereocenters. The first-order valence-corrected chi connectivity index (χ1v) is 10.8. The number of benzene rings is 3. The van der Waals surface area contributed by atoms with E-state index < -0.39 is 15.8 Å². The summed E-state index contributed by atoms with van der Waals surface area (Å²) in [5.74, 6) is -0.872. The number of anilines is 1. The van der Waals surface area contributed by atoms with Gasteiger partial charge in [0.15, 0.2) is 5.58 Å². The molecule has 0 saturated carbocycles. The Morgan fingerprint density at radius 1 is 1.00 bits per heavy atom. The zero-order valence-corrected chi connectivity index (χ0v) is 17.0. The zero-order valence-electron chi connectivity index (χ0n) is 16.2. The highest BCUT2D eigenvalue weighted by molar-refractivity contribution is 7.92. The SMILES string of the molecule is Cn1c(=O)oc2cc(S(=O)(=O)Nc3ccc(-c4cc5cc(F)ccc5[nH]4)cc3)ccc21. The normalized spacial score (nSPS) is 11.9. The number of oxazole rings is 1. The van der Waals surface area contributed by atoms with Crippen LogP contribution in [0.1, 0.15) is 0 Å². The van der Waals surface area contributed by atoms with Gasteiger partial charge in [-0.25, -0.2) is 17.6 Å². The molecule has 0 saturated heterocycles. The second-order valence-corrected chi connectivity index (χ2v) is 8.84. The molecule has 5 aromatic rings. The molecule has 0 atom stereocenters. The number of aromatic amines is 1. The van der Waals surface area contributed by atoms with Gasteiger partial charge in [0.05, 0.1) is 10.4 Å². The van der Waals surface area contributed by atoms with Crippen LogP contribution < -0.4 is 10.5 Å². The van der Waals surface area contributed by atoms with Gasteiger partial charge in [-0.1, -0.05) is 12.1 Å². The van der Waals surface area contributed by atoms with Gasteiger partial charge in [0, 0.05) is 35.4 Å². The zero-order chi connectivity index (χ0) is 21.8. The summed E-state index contributed by atoms with van der Waals surface area (Å²) in [6, 6.07) is 17.4. The number of aromatic nitrogens is 2. The second-order valence-electron chi connectivity index (χ2n) is 7.15. The van der Waals surface area contributed by atoms with Crippen molar-refractivity contribution in [3.63, 3.8) is 0 Å². The summed E-state index contributed by atoms with van der Waals surface area (Å²) in [4.78, 5) is 14.8. The Balaban J connectivity index is 1.42. The van der Waals surface area contributed by atoms with E-state index in [0.717, 1.165) is 22.2 Å². The molecule has 2 N–H and O–H groups in total. The van der Waals surface area contributed by atoms with Gasteiger partial charge in [0.2, 0.25) is 0 Å². The molecule has 31 heavy (non-hydrogen) atoms. The van der Waals surface area contributed by atoms with E-state index in [-0.39, 0.29) is 16.3 Å². The molecule has 0 radical (unpaired) electrons. The van der Waals surface area contributed by atoms with Crippen LogP contribution in [0.4, 0.5) is 10.1 Å². The van der Waals surface area contributed by atoms with E-state index in [4.69, 9.17) is 4.42 Å². The Kier molecular flexibility index (Phi) is 4.23. The van der Waals surface area contributed by atoms with E-state index in [9.17, 15) is 17.6 Å². The molecule has 156 valence electrons. The Morgan fingerprint density at radius 3 is 2.55 bits per heavy atom. The van der Waals surface area contributed by atoms with Crippen LogP contribution in [0, 0.1) is 5.82 Å². The van der Waals surface area contributed by atoms with Crippen LogP contribution >= 0.6 is 0 Å². The molecule has 0 aliphatic carbocycles. The van der Waals surface area contributed by atoms with Crippen molar-refractivity contribution in [2.24, 2.45) is 7.05 Å². The number of nitrogens with one attached hydrogen (secondary N) is 2. The lowest BCUT2D eigenvalue weighted by atomic mass is 10.1. The van der Waals surface area contributed by atoms with Gasteiger partial charge < -0.3 is 9.40 Å². The fraction of sp³-hybridized carbons (Fsp3) is 0.0455. The van der Waals surface area contributed by atoms with Crippen LogP contribution in [0.2, 0.25) is 0 Å². The van der Waals surface area contributed by atoms with Crippen molar-refractivity contribution >= 4 is 37.7 Å². The van der Waals surface area contributed by atoms with Crippen LogP contribution in [0.15, 0.2) is 80.8 Å². The first kappa shape index (κ1) is 19.1. The van der Waals surface area contributed by atoms with Crippen LogP contribution in [0.5, 0.6) is 0 Å². The predicted octanol–water partition coefficient (Wildman–Crippen LogP) is 4.22. The van der Waals surface area contributed by atoms with E-state index in [1.807, 2.05) is 6.07 Å². The number of hydrogen-bond acceptors (Lipinski definition) is 4. The molecule has 2 aromatic heterocycles. The van der Waals surface area contributed by atoms with Crippen molar-refractivity contribution in [3.8, 4) is 11.3 Å². The third-order valence-electron chi connectivity index (χ3n) is 5.10. The van der Waals surface area contributed by atoms with Crippen molar-refractivity contribution < 1.29 is 17.2 Å². The first-order chi connectivity index (χ1) is 14.8. The average molecular weight is 437 g/mol. The summed E-state index contributed by atoms with van der Waals surface area (Å²) in [5.41, 5.74) is 3.50. The molecule has 0 spiro atoms. The number of hydrogen-bond donors (Lipinski definition) is 2. The van der Waals surface area contributed by atoms with Gasteiger partial charge in [0.1, 0.15) is 5.82 Å². The fourth-order valence-electron chi connectivity index (χ4n) is 3.47. The van der Waals surface area contributed by atoms with Gasteiger partial charge in [-0.15, -0.1) is 0 Å². The number of rotatable bonds is 4. The van der Waals surface area contributed by atoms with Crippen molar-refractivity contribution in [2.75, 3.05) is 4.72 Å². The van der Waals surface area contributed by atoms with Crippen molar-refractivity contribution in [3.05, 3.63) is 83.1 Å². The fourth-order valence-corrected chi connectivity index (χ4v) is 4.55. The maximum Gasteiger partial charge on any atom is 0.419 e. The maximum absolute atomic E-state index is 13.4. The molecule has 0 fully saturated rings. The predicted molar refractivity (Wildman–Crippen MR) is 116 cm³/mol. The summed E-state index contributed by atoms with van der Waals surface area (Å²) in [7, 11) is -2.33. The summed E-state index contributed by atoms with van der Waals surface area (Å²) in [6.45, 7) is 0. The standard InChI is InChI=1S/C22H16FN3O4S/c1-26-20-9-7-17(12-21(20)30-22(26)27)31(28,29)25-16-5-2-13(3-6-16)19-11-14-10-15(23)4-8-18(14)24-19/h2-12,24-25H,1H3. The third-order valence-corrected chi connectivity index (χ3v) is 6.48. The molecular weight excluding hydrogens is 421 g/mol. The van der Waals surface area contributed by atoms with Gasteiger partial charge in [0.25, 0.3) is 10.0 Å². The van der Waals surface area contributed by atoms with Crippen molar-refractivity contribution in [1.82, 2.24) is 9.55 Å². The van der Waals surface area contributed by atoms with Gasteiger partial charge in [-0.3, -0.25) is 9.29 Å². The highest BCUT2D eigenvalue weighted by Gasteiger charge is 2.17. The van der Waals surface area contributed by atoms with E-state index in [1.165, 1.54) is 34.9 Å².